The fraction of sp³-hybridized carbons (Fsp3) is 0.533. The molecule has 6 heteroatoms. The summed E-state index contributed by atoms with van der Waals surface area (Å²) in [5.41, 5.74) is 6.97. The number of pyridine rings is 1. The molecule has 0 aliphatic carbocycles. The molecule has 1 aliphatic rings. The van der Waals surface area contributed by atoms with E-state index in [-0.39, 0.29) is 11.2 Å². The zero-order chi connectivity index (χ0) is 15.7. The van der Waals surface area contributed by atoms with Crippen molar-refractivity contribution < 1.29 is 14.0 Å². The quantitative estimate of drug-likeness (QED) is 0.860. The predicted molar refractivity (Wildman–Crippen MR) is 83.9 cm³/mol. The smallest absolute Gasteiger partial charge is 0.481 e. The van der Waals surface area contributed by atoms with Crippen LogP contribution in [0.1, 0.15) is 33.3 Å². The van der Waals surface area contributed by atoms with Crippen molar-refractivity contribution in [1.82, 2.24) is 4.98 Å². The fourth-order valence-electron chi connectivity index (χ4n) is 2.06. The molecule has 2 rings (SSSR count). The normalized spacial score (nSPS) is 20.7. The van der Waals surface area contributed by atoms with Gasteiger partial charge < -0.3 is 19.8 Å². The molecule has 1 fully saturated rings. The number of nitrogens with zero attached hydrogens (tertiary/aromatic N) is 1. The van der Waals surface area contributed by atoms with E-state index in [1.807, 2.05) is 45.9 Å². The lowest BCUT2D eigenvalue weighted by Gasteiger charge is -2.32. The SMILES string of the molecule is COc1cc(C=C(CN)B2OC(C)(C)C(C)(C)O2)ccn1. The average molecular weight is 290 g/mol. The summed E-state index contributed by atoms with van der Waals surface area (Å²) >= 11 is 0. The van der Waals surface area contributed by atoms with Crippen LogP contribution in [0.15, 0.2) is 23.8 Å². The number of nitrogens with two attached hydrogens (primary N) is 1. The summed E-state index contributed by atoms with van der Waals surface area (Å²) in [6.07, 6.45) is 3.66. The van der Waals surface area contributed by atoms with Gasteiger partial charge in [0.1, 0.15) is 0 Å². The van der Waals surface area contributed by atoms with E-state index in [1.165, 1.54) is 0 Å². The number of aromatic nitrogens is 1. The second-order valence-corrected chi connectivity index (χ2v) is 6.14. The van der Waals surface area contributed by atoms with Gasteiger partial charge in [-0.1, -0.05) is 6.08 Å². The van der Waals surface area contributed by atoms with Crippen molar-refractivity contribution in [3.63, 3.8) is 0 Å². The topological polar surface area (TPSA) is 66.6 Å². The first kappa shape index (κ1) is 16.0. The molecular formula is C15H23BN2O3. The third-order valence-electron chi connectivity index (χ3n) is 4.11. The van der Waals surface area contributed by atoms with Crippen molar-refractivity contribution in [2.24, 2.45) is 5.73 Å². The molecule has 1 aromatic heterocycles. The Bertz CT molecular complexity index is 527. The minimum absolute atomic E-state index is 0.363. The standard InChI is InChI=1S/C15H23BN2O3/c1-14(2)15(3,4)21-16(20-14)12(10-17)8-11-6-7-18-13(9-11)19-5/h6-9H,10,17H2,1-5H3. The highest BCUT2D eigenvalue weighted by atomic mass is 16.7. The van der Waals surface area contributed by atoms with Gasteiger partial charge in [0.25, 0.3) is 0 Å². The molecule has 0 saturated carbocycles. The van der Waals surface area contributed by atoms with Crippen LogP contribution in [-0.4, -0.2) is 37.0 Å². The van der Waals surface area contributed by atoms with Gasteiger partial charge in [0, 0.05) is 18.8 Å². The number of ether oxygens (including phenoxy) is 1. The summed E-state index contributed by atoms with van der Waals surface area (Å²) in [5.74, 6) is 0.564. The van der Waals surface area contributed by atoms with E-state index >= 15 is 0 Å². The molecule has 21 heavy (non-hydrogen) atoms. The van der Waals surface area contributed by atoms with Crippen LogP contribution >= 0.6 is 0 Å². The zero-order valence-electron chi connectivity index (χ0n) is 13.3. The fourth-order valence-corrected chi connectivity index (χ4v) is 2.06. The average Bonchev–Trinajstić information content (AvgIpc) is 2.65. The largest absolute Gasteiger partial charge is 0.491 e. The lowest BCUT2D eigenvalue weighted by molar-refractivity contribution is 0.00578. The van der Waals surface area contributed by atoms with Crippen LogP contribution in [0.3, 0.4) is 0 Å². The monoisotopic (exact) mass is 290 g/mol. The third-order valence-corrected chi connectivity index (χ3v) is 4.11. The molecule has 0 unspecified atom stereocenters. The van der Waals surface area contributed by atoms with Gasteiger partial charge in [-0.05, 0) is 44.8 Å². The predicted octanol–water partition coefficient (Wildman–Crippen LogP) is 2.06. The first-order valence-corrected chi connectivity index (χ1v) is 7.05. The van der Waals surface area contributed by atoms with Crippen molar-refractivity contribution in [1.29, 1.82) is 0 Å². The Morgan fingerprint density at radius 1 is 1.33 bits per heavy atom. The zero-order valence-corrected chi connectivity index (χ0v) is 13.3. The molecule has 2 N–H and O–H groups in total. The highest BCUT2D eigenvalue weighted by Crippen LogP contribution is 2.38. The minimum Gasteiger partial charge on any atom is -0.481 e. The van der Waals surface area contributed by atoms with E-state index < -0.39 is 7.12 Å². The molecule has 0 bridgehead atoms. The van der Waals surface area contributed by atoms with E-state index in [4.69, 9.17) is 19.8 Å². The molecule has 0 aromatic carbocycles. The van der Waals surface area contributed by atoms with Gasteiger partial charge in [-0.25, -0.2) is 4.98 Å². The molecule has 5 nitrogen and oxygen atoms in total. The van der Waals surface area contributed by atoms with Crippen molar-refractivity contribution >= 4 is 13.2 Å². The van der Waals surface area contributed by atoms with Gasteiger partial charge in [-0.2, -0.15) is 0 Å². The third kappa shape index (κ3) is 3.28. The molecule has 0 amide bonds. The molecule has 2 heterocycles. The van der Waals surface area contributed by atoms with Crippen molar-refractivity contribution in [2.75, 3.05) is 13.7 Å². The molecule has 0 spiro atoms. The van der Waals surface area contributed by atoms with E-state index in [2.05, 4.69) is 4.98 Å². The summed E-state index contributed by atoms with van der Waals surface area (Å²) in [5, 5.41) is 0. The first-order chi connectivity index (χ1) is 9.79. The Morgan fingerprint density at radius 3 is 2.48 bits per heavy atom. The molecule has 1 aromatic rings. The van der Waals surface area contributed by atoms with Crippen molar-refractivity contribution in [3.05, 3.63) is 29.4 Å². The maximum atomic E-state index is 6.03. The number of methoxy groups -OCH3 is 1. The summed E-state index contributed by atoms with van der Waals surface area (Å²) in [6.45, 7) is 8.46. The number of hydrogen-bond donors (Lipinski definition) is 1. The second-order valence-electron chi connectivity index (χ2n) is 6.14. The first-order valence-electron chi connectivity index (χ1n) is 7.05. The van der Waals surface area contributed by atoms with Crippen LogP contribution in [0, 0.1) is 0 Å². The Morgan fingerprint density at radius 2 is 1.95 bits per heavy atom. The van der Waals surface area contributed by atoms with E-state index in [9.17, 15) is 0 Å². The summed E-state index contributed by atoms with van der Waals surface area (Å²) < 4.78 is 17.2. The Hall–Kier alpha value is -1.37. The summed E-state index contributed by atoms with van der Waals surface area (Å²) in [6, 6.07) is 3.74. The Labute approximate surface area is 126 Å². The van der Waals surface area contributed by atoms with E-state index in [0.29, 0.717) is 12.4 Å². The summed E-state index contributed by atoms with van der Waals surface area (Å²) in [4.78, 5) is 4.09. The lowest BCUT2D eigenvalue weighted by Crippen LogP contribution is -2.41. The van der Waals surface area contributed by atoms with Gasteiger partial charge >= 0.3 is 7.12 Å². The number of hydrogen-bond acceptors (Lipinski definition) is 5. The van der Waals surface area contributed by atoms with Crippen LogP contribution in [0.4, 0.5) is 0 Å². The molecule has 1 saturated heterocycles. The molecule has 1 aliphatic heterocycles. The lowest BCUT2D eigenvalue weighted by atomic mass is 9.77. The second kappa shape index (κ2) is 5.79. The van der Waals surface area contributed by atoms with Crippen molar-refractivity contribution in [3.8, 4) is 5.88 Å². The number of rotatable bonds is 4. The van der Waals surface area contributed by atoms with Crippen molar-refractivity contribution in [2.45, 2.75) is 38.9 Å². The maximum Gasteiger partial charge on any atom is 0.491 e. The highest BCUT2D eigenvalue weighted by molar-refractivity contribution is 6.55. The highest BCUT2D eigenvalue weighted by Gasteiger charge is 2.52. The van der Waals surface area contributed by atoms with Crippen LogP contribution in [0.2, 0.25) is 0 Å². The van der Waals surface area contributed by atoms with Gasteiger partial charge in [-0.15, -0.1) is 0 Å². The van der Waals surface area contributed by atoms with E-state index in [0.717, 1.165) is 11.0 Å². The Balaban J connectivity index is 2.26. The van der Waals surface area contributed by atoms with Gasteiger partial charge in [0.15, 0.2) is 0 Å². The molecular weight excluding hydrogens is 267 g/mol. The molecule has 114 valence electrons. The molecule has 0 radical (unpaired) electrons. The van der Waals surface area contributed by atoms with Crippen LogP contribution < -0.4 is 10.5 Å². The van der Waals surface area contributed by atoms with Crippen LogP contribution in [0.25, 0.3) is 6.08 Å². The van der Waals surface area contributed by atoms with Crippen LogP contribution in [-0.2, 0) is 9.31 Å². The van der Waals surface area contributed by atoms with Gasteiger partial charge in [0.05, 0.1) is 18.3 Å². The van der Waals surface area contributed by atoms with Crippen LogP contribution in [0.5, 0.6) is 5.88 Å². The van der Waals surface area contributed by atoms with Gasteiger partial charge in [-0.3, -0.25) is 0 Å². The Kier molecular flexibility index (Phi) is 4.42. The maximum absolute atomic E-state index is 6.03. The van der Waals surface area contributed by atoms with Gasteiger partial charge in [0.2, 0.25) is 5.88 Å². The summed E-state index contributed by atoms with van der Waals surface area (Å²) in [7, 11) is 1.16. The minimum atomic E-state index is -0.431. The van der Waals surface area contributed by atoms with E-state index in [1.54, 1.807) is 13.3 Å². The molecule has 0 atom stereocenters.